The molecular formula is C12H15ClN2. The molecule has 0 radical (unpaired) electrons. The molecule has 0 N–H and O–H groups in total. The van der Waals surface area contributed by atoms with Crippen LogP contribution in [0.4, 0.5) is 0 Å². The molecule has 0 bridgehead atoms. The highest BCUT2D eigenvalue weighted by Gasteiger charge is 2.08. The molecule has 0 aromatic rings. The van der Waals surface area contributed by atoms with Crippen molar-refractivity contribution in [1.29, 1.82) is 0 Å². The molecule has 0 fully saturated rings. The summed E-state index contributed by atoms with van der Waals surface area (Å²) in [4.78, 5) is 8.25. The van der Waals surface area contributed by atoms with Crippen molar-refractivity contribution in [3.63, 3.8) is 0 Å². The van der Waals surface area contributed by atoms with Gasteiger partial charge in [-0.1, -0.05) is 12.2 Å². The first kappa shape index (κ1) is 11.9. The van der Waals surface area contributed by atoms with Gasteiger partial charge in [-0.15, -0.1) is 11.6 Å². The maximum atomic E-state index is 6.05. The predicted molar refractivity (Wildman–Crippen MR) is 67.9 cm³/mol. The molecule has 0 aromatic heterocycles. The van der Waals surface area contributed by atoms with Gasteiger partial charge in [-0.3, -0.25) is 9.98 Å². The molecule has 3 heteroatoms. The standard InChI is InChI=1S/C12H15ClN2/c1-4-15-12-8-10(9(2)13)6-5-7-11(12)14-3/h4-6,8-9H,3,7H2,1-2H3. The van der Waals surface area contributed by atoms with E-state index in [0.29, 0.717) is 0 Å². The van der Waals surface area contributed by atoms with Crippen molar-refractivity contribution in [2.24, 2.45) is 9.98 Å². The van der Waals surface area contributed by atoms with E-state index in [-0.39, 0.29) is 5.38 Å². The molecule has 0 aromatic carbocycles. The Hall–Kier alpha value is -1.15. The van der Waals surface area contributed by atoms with E-state index in [0.717, 1.165) is 23.4 Å². The van der Waals surface area contributed by atoms with E-state index in [1.807, 2.05) is 32.1 Å². The van der Waals surface area contributed by atoms with E-state index < -0.39 is 0 Å². The van der Waals surface area contributed by atoms with Crippen LogP contribution >= 0.6 is 11.6 Å². The van der Waals surface area contributed by atoms with Crippen LogP contribution in [-0.2, 0) is 0 Å². The molecule has 0 aliphatic heterocycles. The molecule has 0 heterocycles. The minimum atomic E-state index is -0.0209. The summed E-state index contributed by atoms with van der Waals surface area (Å²) in [5.41, 5.74) is 2.78. The molecule has 1 rings (SSSR count). The second-order valence-corrected chi connectivity index (χ2v) is 3.90. The lowest BCUT2D eigenvalue weighted by atomic mass is 10.1. The zero-order valence-electron chi connectivity index (χ0n) is 9.07. The number of alkyl halides is 1. The fourth-order valence-electron chi connectivity index (χ4n) is 1.34. The van der Waals surface area contributed by atoms with Crippen LogP contribution in [0.2, 0.25) is 0 Å². The van der Waals surface area contributed by atoms with Gasteiger partial charge < -0.3 is 0 Å². The van der Waals surface area contributed by atoms with Crippen molar-refractivity contribution in [3.05, 3.63) is 35.2 Å². The van der Waals surface area contributed by atoms with Gasteiger partial charge in [0.1, 0.15) is 0 Å². The lowest BCUT2D eigenvalue weighted by Gasteiger charge is -2.03. The second kappa shape index (κ2) is 5.66. The van der Waals surface area contributed by atoms with Gasteiger partial charge in [-0.2, -0.15) is 0 Å². The summed E-state index contributed by atoms with van der Waals surface area (Å²) < 4.78 is 0. The normalized spacial score (nSPS) is 19.0. The summed E-state index contributed by atoms with van der Waals surface area (Å²) in [5.74, 6) is 0. The number of hydrogen-bond acceptors (Lipinski definition) is 2. The van der Waals surface area contributed by atoms with Crippen molar-refractivity contribution in [2.45, 2.75) is 25.6 Å². The van der Waals surface area contributed by atoms with Gasteiger partial charge in [0.15, 0.2) is 0 Å². The van der Waals surface area contributed by atoms with Crippen LogP contribution < -0.4 is 0 Å². The van der Waals surface area contributed by atoms with Crippen LogP contribution in [0.5, 0.6) is 0 Å². The Morgan fingerprint density at radius 1 is 1.60 bits per heavy atom. The first-order chi connectivity index (χ1) is 7.19. The average molecular weight is 223 g/mol. The number of nitrogens with zero attached hydrogens (tertiary/aromatic N) is 2. The first-order valence-corrected chi connectivity index (χ1v) is 5.33. The molecule has 1 aliphatic carbocycles. The predicted octanol–water partition coefficient (Wildman–Crippen LogP) is 3.50. The lowest BCUT2D eigenvalue weighted by molar-refractivity contribution is 1.12. The van der Waals surface area contributed by atoms with Gasteiger partial charge >= 0.3 is 0 Å². The summed E-state index contributed by atoms with van der Waals surface area (Å²) in [6.45, 7) is 7.37. The smallest absolute Gasteiger partial charge is 0.0846 e. The van der Waals surface area contributed by atoms with Crippen LogP contribution in [0, 0.1) is 0 Å². The van der Waals surface area contributed by atoms with Crippen LogP contribution in [0.15, 0.2) is 45.2 Å². The summed E-state index contributed by atoms with van der Waals surface area (Å²) >= 11 is 6.05. The molecule has 1 aliphatic rings. The van der Waals surface area contributed by atoms with Gasteiger partial charge in [-0.05, 0) is 32.2 Å². The number of aliphatic imine (C=N–C) groups is 2. The SMILES string of the molecule is C=NC1=C(N=CC)C=C(C(C)Cl)C=CC1. The topological polar surface area (TPSA) is 24.7 Å². The number of allylic oxidation sites excluding steroid dienone is 4. The molecule has 0 saturated carbocycles. The molecular weight excluding hydrogens is 208 g/mol. The minimum absolute atomic E-state index is 0.0209. The van der Waals surface area contributed by atoms with Gasteiger partial charge in [-0.25, -0.2) is 0 Å². The summed E-state index contributed by atoms with van der Waals surface area (Å²) in [5, 5.41) is -0.0209. The fourth-order valence-corrected chi connectivity index (χ4v) is 1.48. The highest BCUT2D eigenvalue weighted by Crippen LogP contribution is 2.23. The van der Waals surface area contributed by atoms with Crippen molar-refractivity contribution in [2.75, 3.05) is 0 Å². The van der Waals surface area contributed by atoms with Crippen molar-refractivity contribution < 1.29 is 0 Å². The fraction of sp³-hybridized carbons (Fsp3) is 0.333. The van der Waals surface area contributed by atoms with E-state index in [2.05, 4.69) is 16.7 Å². The van der Waals surface area contributed by atoms with Crippen molar-refractivity contribution in [3.8, 4) is 0 Å². The van der Waals surface area contributed by atoms with Gasteiger partial charge in [0.25, 0.3) is 0 Å². The van der Waals surface area contributed by atoms with Crippen LogP contribution in [0.3, 0.4) is 0 Å². The summed E-state index contributed by atoms with van der Waals surface area (Å²) in [7, 11) is 0. The molecule has 1 unspecified atom stereocenters. The zero-order valence-corrected chi connectivity index (χ0v) is 9.83. The molecule has 1 atom stereocenters. The largest absolute Gasteiger partial charge is 0.266 e. The van der Waals surface area contributed by atoms with E-state index in [1.165, 1.54) is 0 Å². The average Bonchev–Trinajstić information content (AvgIpc) is 2.40. The quantitative estimate of drug-likeness (QED) is 0.516. The third-order valence-corrected chi connectivity index (χ3v) is 2.39. The number of rotatable bonds is 3. The molecule has 15 heavy (non-hydrogen) atoms. The minimum Gasteiger partial charge on any atom is -0.266 e. The van der Waals surface area contributed by atoms with Crippen molar-refractivity contribution in [1.82, 2.24) is 0 Å². The maximum Gasteiger partial charge on any atom is 0.0846 e. The van der Waals surface area contributed by atoms with Crippen LogP contribution in [-0.4, -0.2) is 18.3 Å². The third kappa shape index (κ3) is 3.17. The molecule has 2 nitrogen and oxygen atoms in total. The van der Waals surface area contributed by atoms with E-state index in [1.54, 1.807) is 6.21 Å². The number of halogens is 1. The Kier molecular flexibility index (Phi) is 4.50. The lowest BCUT2D eigenvalue weighted by Crippen LogP contribution is -1.94. The Morgan fingerprint density at radius 3 is 2.87 bits per heavy atom. The zero-order chi connectivity index (χ0) is 11.3. The molecule has 0 amide bonds. The van der Waals surface area contributed by atoms with E-state index in [9.17, 15) is 0 Å². The monoisotopic (exact) mass is 222 g/mol. The highest BCUT2D eigenvalue weighted by atomic mass is 35.5. The Bertz CT molecular complexity index is 360. The Labute approximate surface area is 95.8 Å². The molecule has 0 saturated heterocycles. The third-order valence-electron chi connectivity index (χ3n) is 2.14. The van der Waals surface area contributed by atoms with E-state index in [4.69, 9.17) is 11.6 Å². The van der Waals surface area contributed by atoms with E-state index >= 15 is 0 Å². The molecule has 0 spiro atoms. The number of hydrogen-bond donors (Lipinski definition) is 0. The van der Waals surface area contributed by atoms with Gasteiger partial charge in [0.2, 0.25) is 0 Å². The van der Waals surface area contributed by atoms with Crippen molar-refractivity contribution >= 4 is 24.5 Å². The van der Waals surface area contributed by atoms with Gasteiger partial charge in [0, 0.05) is 12.6 Å². The molecule has 80 valence electrons. The summed E-state index contributed by atoms with van der Waals surface area (Å²) in [6.07, 6.45) is 8.51. The first-order valence-electron chi connectivity index (χ1n) is 4.89. The second-order valence-electron chi connectivity index (χ2n) is 3.24. The highest BCUT2D eigenvalue weighted by molar-refractivity contribution is 6.22. The van der Waals surface area contributed by atoms with Gasteiger partial charge in [0.05, 0.1) is 16.8 Å². The Morgan fingerprint density at radius 2 is 2.33 bits per heavy atom. The maximum absolute atomic E-state index is 6.05. The summed E-state index contributed by atoms with van der Waals surface area (Å²) in [6, 6.07) is 0. The Balaban J connectivity index is 3.16. The van der Waals surface area contributed by atoms with Crippen LogP contribution in [0.25, 0.3) is 0 Å². The van der Waals surface area contributed by atoms with Crippen LogP contribution in [0.1, 0.15) is 20.3 Å².